The van der Waals surface area contributed by atoms with Crippen LogP contribution in [-0.4, -0.2) is 34.8 Å². The zero-order chi connectivity index (χ0) is 15.0. The molecule has 0 aromatic rings. The summed E-state index contributed by atoms with van der Waals surface area (Å²) in [6.45, 7) is 8.91. The quantitative estimate of drug-likeness (QED) is 0.812. The smallest absolute Gasteiger partial charge is 0.249 e. The summed E-state index contributed by atoms with van der Waals surface area (Å²) in [5.74, 6) is 0.163. The van der Waals surface area contributed by atoms with Crippen LogP contribution in [0.1, 0.15) is 66.2 Å². The molecule has 20 heavy (non-hydrogen) atoms. The van der Waals surface area contributed by atoms with Gasteiger partial charge in [-0.05, 0) is 43.9 Å². The number of carbonyl (C=O) groups is 2. The van der Waals surface area contributed by atoms with Crippen LogP contribution in [0.15, 0.2) is 0 Å². The number of hydrogen-bond acceptors (Lipinski definition) is 2. The van der Waals surface area contributed by atoms with Crippen molar-refractivity contribution in [3.05, 3.63) is 0 Å². The lowest BCUT2D eigenvalue weighted by molar-refractivity contribution is -0.156. The van der Waals surface area contributed by atoms with Gasteiger partial charge in [0.1, 0.15) is 11.6 Å². The molecule has 4 nitrogen and oxygen atoms in total. The van der Waals surface area contributed by atoms with E-state index in [0.717, 1.165) is 13.0 Å². The van der Waals surface area contributed by atoms with Crippen LogP contribution in [-0.2, 0) is 9.59 Å². The lowest BCUT2D eigenvalue weighted by Gasteiger charge is -2.46. The van der Waals surface area contributed by atoms with Crippen molar-refractivity contribution in [3.63, 3.8) is 0 Å². The van der Waals surface area contributed by atoms with Crippen LogP contribution in [0.25, 0.3) is 0 Å². The summed E-state index contributed by atoms with van der Waals surface area (Å²) in [5.41, 5.74) is -0.388. The molecule has 114 valence electrons. The lowest BCUT2D eigenvalue weighted by Crippen LogP contribution is -2.70. The molecular weight excluding hydrogens is 252 g/mol. The molecule has 1 unspecified atom stereocenters. The highest BCUT2D eigenvalue weighted by molar-refractivity contribution is 5.99. The number of hydrogen-bond donors (Lipinski definition) is 1. The highest BCUT2D eigenvalue weighted by Crippen LogP contribution is 2.50. The number of rotatable bonds is 6. The van der Waals surface area contributed by atoms with Crippen molar-refractivity contribution in [2.24, 2.45) is 5.41 Å². The van der Waals surface area contributed by atoms with Crippen LogP contribution in [0.5, 0.6) is 0 Å². The first kappa shape index (κ1) is 15.3. The SMILES string of the molecule is CCC1C(=O)NC(CC)(CC)C(=O)N1CC1(CC)CC1. The van der Waals surface area contributed by atoms with E-state index in [1.165, 1.54) is 12.8 Å². The average Bonchev–Trinajstić information content (AvgIpc) is 3.23. The Bertz CT molecular complexity index is 397. The molecule has 1 aliphatic carbocycles. The van der Waals surface area contributed by atoms with E-state index >= 15 is 0 Å². The van der Waals surface area contributed by atoms with Crippen molar-refractivity contribution in [2.45, 2.75) is 77.8 Å². The Morgan fingerprint density at radius 2 is 1.70 bits per heavy atom. The van der Waals surface area contributed by atoms with Crippen LogP contribution in [0.4, 0.5) is 0 Å². The summed E-state index contributed by atoms with van der Waals surface area (Å²) in [4.78, 5) is 27.3. The van der Waals surface area contributed by atoms with Crippen molar-refractivity contribution in [1.82, 2.24) is 10.2 Å². The van der Waals surface area contributed by atoms with Gasteiger partial charge in [-0.25, -0.2) is 0 Å². The largest absolute Gasteiger partial charge is 0.340 e. The number of piperazine rings is 1. The fourth-order valence-corrected chi connectivity index (χ4v) is 3.41. The third-order valence-corrected chi connectivity index (χ3v) is 5.52. The molecule has 0 aromatic carbocycles. The van der Waals surface area contributed by atoms with Crippen molar-refractivity contribution >= 4 is 11.8 Å². The number of amides is 2. The van der Waals surface area contributed by atoms with Gasteiger partial charge >= 0.3 is 0 Å². The minimum absolute atomic E-state index is 0.0303. The first-order valence-electron chi connectivity index (χ1n) is 8.10. The van der Waals surface area contributed by atoms with E-state index in [4.69, 9.17) is 0 Å². The maximum absolute atomic E-state index is 13.0. The van der Waals surface area contributed by atoms with Gasteiger partial charge in [0.15, 0.2) is 0 Å². The first-order valence-corrected chi connectivity index (χ1v) is 8.10. The zero-order valence-electron chi connectivity index (χ0n) is 13.3. The maximum atomic E-state index is 13.0. The highest BCUT2D eigenvalue weighted by atomic mass is 16.2. The summed E-state index contributed by atoms with van der Waals surface area (Å²) >= 11 is 0. The lowest BCUT2D eigenvalue weighted by atomic mass is 9.85. The van der Waals surface area contributed by atoms with Gasteiger partial charge in [-0.3, -0.25) is 9.59 Å². The molecule has 0 aromatic heterocycles. The van der Waals surface area contributed by atoms with Crippen molar-refractivity contribution in [1.29, 1.82) is 0 Å². The average molecular weight is 280 g/mol. The fourth-order valence-electron chi connectivity index (χ4n) is 3.41. The molecule has 0 radical (unpaired) electrons. The van der Waals surface area contributed by atoms with E-state index in [1.54, 1.807) is 0 Å². The Hall–Kier alpha value is -1.06. The van der Waals surface area contributed by atoms with Crippen molar-refractivity contribution in [3.8, 4) is 0 Å². The normalized spacial score (nSPS) is 27.4. The van der Waals surface area contributed by atoms with Gasteiger partial charge in [-0.15, -0.1) is 0 Å². The van der Waals surface area contributed by atoms with Gasteiger partial charge in [0, 0.05) is 6.54 Å². The van der Waals surface area contributed by atoms with Crippen LogP contribution < -0.4 is 5.32 Å². The second-order valence-corrected chi connectivity index (χ2v) is 6.49. The second kappa shape index (κ2) is 5.38. The third kappa shape index (κ3) is 2.33. The molecule has 1 aliphatic heterocycles. The van der Waals surface area contributed by atoms with E-state index in [9.17, 15) is 9.59 Å². The van der Waals surface area contributed by atoms with E-state index in [0.29, 0.717) is 19.3 Å². The standard InChI is InChI=1S/C16H28N2O2/c1-5-12-13(19)17-16(7-3,8-4)14(20)18(12)11-15(6-2)9-10-15/h12H,5-11H2,1-4H3,(H,17,19). The molecule has 2 rings (SSSR count). The summed E-state index contributed by atoms with van der Waals surface area (Å²) < 4.78 is 0. The summed E-state index contributed by atoms with van der Waals surface area (Å²) in [6, 6.07) is -0.280. The Morgan fingerprint density at radius 1 is 1.10 bits per heavy atom. The Labute approximate surface area is 122 Å². The first-order chi connectivity index (χ1) is 9.47. The van der Waals surface area contributed by atoms with Gasteiger partial charge in [0.2, 0.25) is 11.8 Å². The van der Waals surface area contributed by atoms with Crippen LogP contribution >= 0.6 is 0 Å². The number of carbonyl (C=O) groups excluding carboxylic acids is 2. The topological polar surface area (TPSA) is 49.4 Å². The van der Waals surface area contributed by atoms with Gasteiger partial charge < -0.3 is 10.2 Å². The number of nitrogens with one attached hydrogen (secondary N) is 1. The molecule has 1 saturated carbocycles. The number of nitrogens with zero attached hydrogens (tertiary/aromatic N) is 1. The Kier molecular flexibility index (Phi) is 4.12. The molecule has 1 heterocycles. The van der Waals surface area contributed by atoms with Crippen molar-refractivity contribution < 1.29 is 9.59 Å². The van der Waals surface area contributed by atoms with E-state index < -0.39 is 5.54 Å². The molecule has 0 bridgehead atoms. The predicted molar refractivity (Wildman–Crippen MR) is 79.2 cm³/mol. The van der Waals surface area contributed by atoms with E-state index in [-0.39, 0.29) is 23.3 Å². The molecule has 2 fully saturated rings. The van der Waals surface area contributed by atoms with Gasteiger partial charge in [-0.2, -0.15) is 0 Å². The second-order valence-electron chi connectivity index (χ2n) is 6.49. The van der Waals surface area contributed by atoms with Gasteiger partial charge in [0.25, 0.3) is 0 Å². The molecule has 2 aliphatic rings. The Morgan fingerprint density at radius 3 is 2.10 bits per heavy atom. The molecule has 4 heteroatoms. The van der Waals surface area contributed by atoms with Crippen LogP contribution in [0, 0.1) is 5.41 Å². The van der Waals surface area contributed by atoms with Gasteiger partial charge in [0.05, 0.1) is 0 Å². The molecule has 2 amide bonds. The molecule has 1 atom stereocenters. The summed E-state index contributed by atoms with van der Waals surface area (Å²) in [5, 5.41) is 3.00. The summed E-state index contributed by atoms with van der Waals surface area (Å²) in [7, 11) is 0. The van der Waals surface area contributed by atoms with Crippen LogP contribution in [0.2, 0.25) is 0 Å². The molecule has 1 saturated heterocycles. The Balaban J connectivity index is 2.28. The monoisotopic (exact) mass is 280 g/mol. The fraction of sp³-hybridized carbons (Fsp3) is 0.875. The minimum Gasteiger partial charge on any atom is -0.340 e. The molecule has 0 spiro atoms. The van der Waals surface area contributed by atoms with Crippen molar-refractivity contribution in [2.75, 3.05) is 6.54 Å². The van der Waals surface area contributed by atoms with E-state index in [1.807, 2.05) is 25.7 Å². The van der Waals surface area contributed by atoms with Crippen LogP contribution in [0.3, 0.4) is 0 Å². The molecular formula is C16H28N2O2. The zero-order valence-corrected chi connectivity index (χ0v) is 13.3. The minimum atomic E-state index is -0.674. The van der Waals surface area contributed by atoms with E-state index in [2.05, 4.69) is 12.2 Å². The summed E-state index contributed by atoms with van der Waals surface area (Å²) in [6.07, 6.45) is 5.51. The van der Waals surface area contributed by atoms with Gasteiger partial charge in [-0.1, -0.05) is 27.7 Å². The molecule has 1 N–H and O–H groups in total. The maximum Gasteiger partial charge on any atom is 0.249 e. The predicted octanol–water partition coefficient (Wildman–Crippen LogP) is 2.47. The third-order valence-electron chi connectivity index (χ3n) is 5.52. The highest BCUT2D eigenvalue weighted by Gasteiger charge is 2.52.